The Labute approximate surface area is 144 Å². The largest absolute Gasteiger partial charge is 0.326 e. The molecule has 0 fully saturated rings. The van der Waals surface area contributed by atoms with Crippen LogP contribution in [0.3, 0.4) is 0 Å². The molecule has 0 saturated heterocycles. The summed E-state index contributed by atoms with van der Waals surface area (Å²) in [6.07, 6.45) is 1.40. The second kappa shape index (κ2) is 7.88. The molecule has 2 rings (SSSR count). The van der Waals surface area contributed by atoms with Crippen molar-refractivity contribution in [2.75, 3.05) is 10.6 Å². The highest BCUT2D eigenvalue weighted by Crippen LogP contribution is 2.16. The van der Waals surface area contributed by atoms with Gasteiger partial charge in [-0.3, -0.25) is 9.59 Å². The van der Waals surface area contributed by atoms with Crippen LogP contribution in [0.15, 0.2) is 48.0 Å². The summed E-state index contributed by atoms with van der Waals surface area (Å²) >= 11 is 0. The zero-order valence-electron chi connectivity index (χ0n) is 13.8. The fourth-order valence-corrected chi connectivity index (χ4v) is 2.11. The molecule has 2 amide bonds. The monoisotopic (exact) mass is 337 g/mol. The summed E-state index contributed by atoms with van der Waals surface area (Å²) in [5.41, 5.74) is 1.97. The highest BCUT2D eigenvalue weighted by Gasteiger charge is 2.10. The number of rotatable bonds is 4. The molecule has 0 aliphatic heterocycles. The van der Waals surface area contributed by atoms with E-state index in [1.165, 1.54) is 25.1 Å². The molecule has 126 valence electrons. The zero-order valence-corrected chi connectivity index (χ0v) is 13.8. The Hall–Kier alpha value is -3.46. The lowest BCUT2D eigenvalue weighted by atomic mass is 10.1. The lowest BCUT2D eigenvalue weighted by Gasteiger charge is -2.06. The number of nitrogens with zero attached hydrogens (tertiary/aromatic N) is 1. The van der Waals surface area contributed by atoms with Crippen molar-refractivity contribution in [3.8, 4) is 6.07 Å². The van der Waals surface area contributed by atoms with E-state index < -0.39 is 5.91 Å². The molecule has 0 heterocycles. The van der Waals surface area contributed by atoms with E-state index in [4.69, 9.17) is 0 Å². The lowest BCUT2D eigenvalue weighted by Crippen LogP contribution is -2.13. The molecule has 0 bridgehead atoms. The first-order valence-corrected chi connectivity index (χ1v) is 7.46. The van der Waals surface area contributed by atoms with Gasteiger partial charge in [0, 0.05) is 18.3 Å². The van der Waals surface area contributed by atoms with Gasteiger partial charge >= 0.3 is 0 Å². The molecule has 2 aromatic carbocycles. The Balaban J connectivity index is 2.14. The average Bonchev–Trinajstić information content (AvgIpc) is 2.57. The van der Waals surface area contributed by atoms with Crippen LogP contribution in [0.4, 0.5) is 15.8 Å². The molecule has 25 heavy (non-hydrogen) atoms. The van der Waals surface area contributed by atoms with E-state index in [0.717, 1.165) is 0 Å². The van der Waals surface area contributed by atoms with Crippen LogP contribution in [-0.4, -0.2) is 11.8 Å². The number of anilines is 2. The van der Waals surface area contributed by atoms with Crippen LogP contribution >= 0.6 is 0 Å². The van der Waals surface area contributed by atoms with Gasteiger partial charge in [0.15, 0.2) is 0 Å². The first-order chi connectivity index (χ1) is 11.9. The van der Waals surface area contributed by atoms with Crippen molar-refractivity contribution in [1.82, 2.24) is 0 Å². The number of aryl methyl sites for hydroxylation is 1. The molecular formula is C19H16FN3O2. The highest BCUT2D eigenvalue weighted by molar-refractivity contribution is 6.09. The third-order valence-electron chi connectivity index (χ3n) is 3.32. The maximum atomic E-state index is 13.3. The van der Waals surface area contributed by atoms with Gasteiger partial charge in [-0.15, -0.1) is 0 Å². The predicted octanol–water partition coefficient (Wildman–Crippen LogP) is 3.64. The van der Waals surface area contributed by atoms with E-state index >= 15 is 0 Å². The number of amides is 2. The Bertz CT molecular complexity index is 881. The van der Waals surface area contributed by atoms with Crippen LogP contribution in [-0.2, 0) is 9.59 Å². The number of nitriles is 1. The van der Waals surface area contributed by atoms with Crippen molar-refractivity contribution in [2.24, 2.45) is 0 Å². The van der Waals surface area contributed by atoms with E-state index in [-0.39, 0.29) is 17.3 Å². The summed E-state index contributed by atoms with van der Waals surface area (Å²) in [7, 11) is 0. The fraction of sp³-hybridized carbons (Fsp3) is 0.105. The van der Waals surface area contributed by atoms with Gasteiger partial charge in [0.05, 0.1) is 0 Å². The summed E-state index contributed by atoms with van der Waals surface area (Å²) in [6.45, 7) is 3.01. The Morgan fingerprint density at radius 1 is 1.08 bits per heavy atom. The Kier molecular flexibility index (Phi) is 5.64. The quantitative estimate of drug-likeness (QED) is 0.660. The van der Waals surface area contributed by atoms with Gasteiger partial charge in [-0.1, -0.05) is 6.07 Å². The molecule has 0 aliphatic rings. The summed E-state index contributed by atoms with van der Waals surface area (Å²) in [5, 5.41) is 14.4. The molecule has 5 nitrogen and oxygen atoms in total. The Morgan fingerprint density at radius 2 is 1.68 bits per heavy atom. The number of hydrogen-bond acceptors (Lipinski definition) is 3. The van der Waals surface area contributed by atoms with Gasteiger partial charge in [-0.05, 0) is 60.5 Å². The summed E-state index contributed by atoms with van der Waals surface area (Å²) in [4.78, 5) is 23.2. The van der Waals surface area contributed by atoms with Crippen molar-refractivity contribution in [3.05, 3.63) is 65.0 Å². The molecule has 0 aromatic heterocycles. The number of carbonyl (C=O) groups excluding carboxylic acids is 2. The molecule has 0 unspecified atom stereocenters. The molecule has 0 aliphatic carbocycles. The van der Waals surface area contributed by atoms with Crippen LogP contribution in [0.2, 0.25) is 0 Å². The molecule has 0 atom stereocenters. The van der Waals surface area contributed by atoms with Crippen LogP contribution < -0.4 is 10.6 Å². The van der Waals surface area contributed by atoms with Crippen LogP contribution in [0, 0.1) is 24.1 Å². The van der Waals surface area contributed by atoms with Crippen LogP contribution in [0.1, 0.15) is 18.1 Å². The van der Waals surface area contributed by atoms with Crippen molar-refractivity contribution in [1.29, 1.82) is 5.26 Å². The summed E-state index contributed by atoms with van der Waals surface area (Å²) in [6, 6.07) is 12.7. The smallest absolute Gasteiger partial charge is 0.266 e. The Morgan fingerprint density at radius 3 is 2.20 bits per heavy atom. The molecule has 2 N–H and O–H groups in total. The number of halogens is 1. The topological polar surface area (TPSA) is 82.0 Å². The third kappa shape index (κ3) is 5.01. The minimum atomic E-state index is -0.572. The zero-order chi connectivity index (χ0) is 18.4. The molecule has 0 radical (unpaired) electrons. The van der Waals surface area contributed by atoms with Crippen molar-refractivity contribution >= 4 is 29.3 Å². The number of benzene rings is 2. The standard InChI is InChI=1S/C19H16FN3O2/c1-12-9-14(3-8-18(12)20)10-15(11-21)19(25)23-17-6-4-16(5-7-17)22-13(2)24/h3-10H,1-2H3,(H,22,24)(H,23,25)/b15-10-. The highest BCUT2D eigenvalue weighted by atomic mass is 19.1. The third-order valence-corrected chi connectivity index (χ3v) is 3.32. The van der Waals surface area contributed by atoms with Gasteiger partial charge in [-0.25, -0.2) is 4.39 Å². The molecule has 0 saturated carbocycles. The van der Waals surface area contributed by atoms with Gasteiger partial charge in [0.1, 0.15) is 17.5 Å². The second-order valence-electron chi connectivity index (χ2n) is 5.39. The molecule has 0 spiro atoms. The van der Waals surface area contributed by atoms with Gasteiger partial charge < -0.3 is 10.6 Å². The molecule has 6 heteroatoms. The maximum absolute atomic E-state index is 13.3. The van der Waals surface area contributed by atoms with Gasteiger partial charge in [0.2, 0.25) is 5.91 Å². The maximum Gasteiger partial charge on any atom is 0.266 e. The van der Waals surface area contributed by atoms with Gasteiger partial charge in [0.25, 0.3) is 5.91 Å². The second-order valence-corrected chi connectivity index (χ2v) is 5.39. The van der Waals surface area contributed by atoms with E-state index in [1.807, 2.05) is 6.07 Å². The lowest BCUT2D eigenvalue weighted by molar-refractivity contribution is -0.114. The van der Waals surface area contributed by atoms with Crippen LogP contribution in [0.25, 0.3) is 6.08 Å². The van der Waals surface area contributed by atoms with E-state index in [1.54, 1.807) is 37.3 Å². The van der Waals surface area contributed by atoms with Crippen molar-refractivity contribution in [3.63, 3.8) is 0 Å². The SMILES string of the molecule is CC(=O)Nc1ccc(NC(=O)/C(C#N)=C\c2ccc(F)c(C)c2)cc1. The molecular weight excluding hydrogens is 321 g/mol. The number of hydrogen-bond donors (Lipinski definition) is 2. The van der Waals surface area contributed by atoms with E-state index in [0.29, 0.717) is 22.5 Å². The van der Waals surface area contributed by atoms with Gasteiger partial charge in [-0.2, -0.15) is 5.26 Å². The van der Waals surface area contributed by atoms with Crippen molar-refractivity contribution < 1.29 is 14.0 Å². The average molecular weight is 337 g/mol. The predicted molar refractivity (Wildman–Crippen MR) is 94.1 cm³/mol. The number of nitrogens with one attached hydrogen (secondary N) is 2. The fourth-order valence-electron chi connectivity index (χ4n) is 2.11. The van der Waals surface area contributed by atoms with Crippen LogP contribution in [0.5, 0.6) is 0 Å². The molecule has 2 aromatic rings. The first kappa shape index (κ1) is 17.9. The summed E-state index contributed by atoms with van der Waals surface area (Å²) in [5.74, 6) is -1.11. The normalized spacial score (nSPS) is 10.7. The van der Waals surface area contributed by atoms with E-state index in [2.05, 4.69) is 10.6 Å². The minimum Gasteiger partial charge on any atom is -0.326 e. The van der Waals surface area contributed by atoms with Crippen molar-refractivity contribution in [2.45, 2.75) is 13.8 Å². The number of carbonyl (C=O) groups is 2. The first-order valence-electron chi connectivity index (χ1n) is 7.46. The minimum absolute atomic E-state index is 0.100. The summed E-state index contributed by atoms with van der Waals surface area (Å²) < 4.78 is 13.3. The van der Waals surface area contributed by atoms with E-state index in [9.17, 15) is 19.2 Å².